The normalized spacial score (nSPS) is 12.0. The van der Waals surface area contributed by atoms with E-state index in [0.717, 1.165) is 17.7 Å². The van der Waals surface area contributed by atoms with Gasteiger partial charge in [-0.1, -0.05) is 6.07 Å². The van der Waals surface area contributed by atoms with Crippen LogP contribution in [0.4, 0.5) is 8.78 Å². The number of hydrogen-bond acceptors (Lipinski definition) is 5. The number of carbonyl (C=O) groups excluding carboxylic acids is 1. The number of nitrogens with zero attached hydrogens (tertiary/aromatic N) is 3. The Morgan fingerprint density at radius 2 is 2.03 bits per heavy atom. The van der Waals surface area contributed by atoms with E-state index in [4.69, 9.17) is 15.7 Å². The maximum absolute atomic E-state index is 13.9. The number of Topliss-reactive ketones (excluding diaryl/α,β-unsaturated/α-hetero) is 1. The van der Waals surface area contributed by atoms with E-state index in [2.05, 4.69) is 4.98 Å². The van der Waals surface area contributed by atoms with Gasteiger partial charge in [-0.3, -0.25) is 9.20 Å². The predicted molar refractivity (Wildman–Crippen MR) is 103 cm³/mol. The van der Waals surface area contributed by atoms with Crippen molar-refractivity contribution in [2.24, 2.45) is 5.73 Å². The van der Waals surface area contributed by atoms with Gasteiger partial charge < -0.3 is 10.5 Å². The van der Waals surface area contributed by atoms with Crippen LogP contribution in [0.25, 0.3) is 5.65 Å². The highest BCUT2D eigenvalue weighted by Gasteiger charge is 2.20. The first-order valence-corrected chi connectivity index (χ1v) is 9.05. The molecule has 0 saturated carbocycles. The molecule has 0 aliphatic rings. The SMILES string of the molecule is Cc1cc(OCc2c(F)cccc2F)c2nc(C)c(C(=O)CCC(N)C#N)n2c1. The number of nitriles is 1. The van der Waals surface area contributed by atoms with E-state index < -0.39 is 17.7 Å². The second-order valence-corrected chi connectivity index (χ2v) is 6.81. The predicted octanol–water partition coefficient (Wildman–Crippen LogP) is 3.62. The number of halogens is 2. The first-order valence-electron chi connectivity index (χ1n) is 9.05. The number of carbonyl (C=O) groups is 1. The van der Waals surface area contributed by atoms with Gasteiger partial charge in [0.25, 0.3) is 0 Å². The number of imidazole rings is 1. The van der Waals surface area contributed by atoms with Crippen molar-refractivity contribution in [3.63, 3.8) is 0 Å². The zero-order chi connectivity index (χ0) is 21.1. The quantitative estimate of drug-likeness (QED) is 0.614. The molecule has 0 spiro atoms. The van der Waals surface area contributed by atoms with Gasteiger partial charge in [0.1, 0.15) is 23.9 Å². The van der Waals surface area contributed by atoms with Crippen LogP contribution in [-0.4, -0.2) is 21.2 Å². The summed E-state index contributed by atoms with van der Waals surface area (Å²) in [4.78, 5) is 17.1. The second-order valence-electron chi connectivity index (χ2n) is 6.81. The van der Waals surface area contributed by atoms with Crippen LogP contribution in [0.3, 0.4) is 0 Å². The molecule has 0 aliphatic heterocycles. The number of pyridine rings is 1. The molecule has 2 N–H and O–H groups in total. The average Bonchev–Trinajstić information content (AvgIpc) is 3.01. The first-order chi connectivity index (χ1) is 13.8. The zero-order valence-corrected chi connectivity index (χ0v) is 16.1. The number of ether oxygens (including phenoxy) is 1. The molecule has 0 aliphatic carbocycles. The van der Waals surface area contributed by atoms with Gasteiger partial charge in [0.05, 0.1) is 23.4 Å². The van der Waals surface area contributed by atoms with Crippen LogP contribution in [0.1, 0.15) is 40.2 Å². The van der Waals surface area contributed by atoms with Gasteiger partial charge in [-0.05, 0) is 44.0 Å². The van der Waals surface area contributed by atoms with E-state index >= 15 is 0 Å². The Labute approximate surface area is 166 Å². The average molecular weight is 398 g/mol. The van der Waals surface area contributed by atoms with Crippen LogP contribution in [0.2, 0.25) is 0 Å². The highest BCUT2D eigenvalue weighted by Crippen LogP contribution is 2.26. The molecule has 0 radical (unpaired) electrons. The molecular formula is C21H20F2N4O2. The highest BCUT2D eigenvalue weighted by atomic mass is 19.1. The second kappa shape index (κ2) is 8.37. The lowest BCUT2D eigenvalue weighted by Gasteiger charge is -2.11. The molecule has 1 atom stereocenters. The Morgan fingerprint density at radius 3 is 2.69 bits per heavy atom. The Morgan fingerprint density at radius 1 is 1.34 bits per heavy atom. The van der Waals surface area contributed by atoms with E-state index in [1.165, 1.54) is 6.07 Å². The number of nitrogens with two attached hydrogens (primary N) is 1. The van der Waals surface area contributed by atoms with Gasteiger partial charge in [-0.25, -0.2) is 13.8 Å². The van der Waals surface area contributed by atoms with Gasteiger partial charge in [0.2, 0.25) is 0 Å². The summed E-state index contributed by atoms with van der Waals surface area (Å²) in [7, 11) is 0. The Bertz CT molecular complexity index is 1100. The molecular weight excluding hydrogens is 378 g/mol. The summed E-state index contributed by atoms with van der Waals surface area (Å²) in [6, 6.07) is 6.49. The Balaban J connectivity index is 1.94. The molecule has 6 nitrogen and oxygen atoms in total. The van der Waals surface area contributed by atoms with E-state index in [-0.39, 0.29) is 30.8 Å². The number of benzene rings is 1. The highest BCUT2D eigenvalue weighted by molar-refractivity contribution is 5.96. The van der Waals surface area contributed by atoms with Crippen molar-refractivity contribution in [1.82, 2.24) is 9.38 Å². The van der Waals surface area contributed by atoms with Crippen LogP contribution in [-0.2, 0) is 6.61 Å². The van der Waals surface area contributed by atoms with E-state index in [1.807, 2.05) is 13.0 Å². The third-order valence-corrected chi connectivity index (χ3v) is 4.54. The maximum atomic E-state index is 13.9. The van der Waals surface area contributed by atoms with Crippen molar-refractivity contribution in [3.05, 3.63) is 64.6 Å². The number of aryl methyl sites for hydroxylation is 2. The largest absolute Gasteiger partial charge is 0.485 e. The lowest BCUT2D eigenvalue weighted by atomic mass is 10.1. The topological polar surface area (TPSA) is 93.4 Å². The van der Waals surface area contributed by atoms with Crippen molar-refractivity contribution >= 4 is 11.4 Å². The minimum atomic E-state index is -0.713. The molecule has 0 fully saturated rings. The number of aromatic nitrogens is 2. The fourth-order valence-electron chi connectivity index (χ4n) is 3.09. The molecule has 150 valence electrons. The fraction of sp³-hybridized carbons (Fsp3) is 0.286. The lowest BCUT2D eigenvalue weighted by molar-refractivity contribution is 0.0972. The maximum Gasteiger partial charge on any atom is 0.181 e. The number of ketones is 1. The van der Waals surface area contributed by atoms with Crippen molar-refractivity contribution in [1.29, 1.82) is 5.26 Å². The zero-order valence-electron chi connectivity index (χ0n) is 16.1. The summed E-state index contributed by atoms with van der Waals surface area (Å²) in [6.07, 6.45) is 2.08. The fourth-order valence-corrected chi connectivity index (χ4v) is 3.09. The van der Waals surface area contributed by atoms with Gasteiger partial charge in [-0.15, -0.1) is 0 Å². The summed E-state index contributed by atoms with van der Waals surface area (Å²) in [6.45, 7) is 3.19. The number of hydrogen-bond donors (Lipinski definition) is 1. The standard InChI is InChI=1S/C21H20F2N4O2/c1-12-8-19(29-11-15-16(22)4-3-5-17(15)23)21-26-13(2)20(27(21)10-12)18(28)7-6-14(25)9-24/h3-5,8,10,14H,6-7,11,25H2,1-2H3. The molecule has 3 aromatic rings. The van der Waals surface area contributed by atoms with Crippen molar-refractivity contribution < 1.29 is 18.3 Å². The smallest absolute Gasteiger partial charge is 0.181 e. The van der Waals surface area contributed by atoms with E-state index in [1.54, 1.807) is 23.6 Å². The Hall–Kier alpha value is -3.31. The van der Waals surface area contributed by atoms with Crippen LogP contribution >= 0.6 is 0 Å². The Kier molecular flexibility index (Phi) is 5.89. The van der Waals surface area contributed by atoms with Crippen molar-refractivity contribution in [3.8, 4) is 11.8 Å². The first kappa shape index (κ1) is 20.4. The van der Waals surface area contributed by atoms with Crippen LogP contribution in [0.15, 0.2) is 30.5 Å². The van der Waals surface area contributed by atoms with Crippen LogP contribution < -0.4 is 10.5 Å². The van der Waals surface area contributed by atoms with Gasteiger partial charge >= 0.3 is 0 Å². The number of fused-ring (bicyclic) bond motifs is 1. The minimum Gasteiger partial charge on any atom is -0.485 e. The molecule has 1 aromatic carbocycles. The molecule has 3 rings (SSSR count). The summed E-state index contributed by atoms with van der Waals surface area (Å²) in [5.41, 5.74) is 7.41. The molecule has 0 bridgehead atoms. The van der Waals surface area contributed by atoms with Crippen LogP contribution in [0, 0.1) is 36.8 Å². The third kappa shape index (κ3) is 4.25. The number of rotatable bonds is 7. The van der Waals surface area contributed by atoms with Gasteiger partial charge in [-0.2, -0.15) is 5.26 Å². The summed E-state index contributed by atoms with van der Waals surface area (Å²) in [5.74, 6) is -1.28. The molecule has 0 saturated heterocycles. The van der Waals surface area contributed by atoms with Gasteiger partial charge in [0.15, 0.2) is 17.2 Å². The monoisotopic (exact) mass is 398 g/mol. The molecule has 0 amide bonds. The van der Waals surface area contributed by atoms with E-state index in [0.29, 0.717) is 22.8 Å². The molecule has 1 unspecified atom stereocenters. The van der Waals surface area contributed by atoms with Gasteiger partial charge in [0, 0.05) is 12.6 Å². The molecule has 8 heteroatoms. The van der Waals surface area contributed by atoms with Crippen molar-refractivity contribution in [2.75, 3.05) is 0 Å². The van der Waals surface area contributed by atoms with Crippen LogP contribution in [0.5, 0.6) is 5.75 Å². The summed E-state index contributed by atoms with van der Waals surface area (Å²) in [5, 5.41) is 8.80. The molecule has 29 heavy (non-hydrogen) atoms. The molecule has 2 aromatic heterocycles. The van der Waals surface area contributed by atoms with Crippen molar-refractivity contribution in [2.45, 2.75) is 39.3 Å². The lowest BCUT2D eigenvalue weighted by Crippen LogP contribution is -2.19. The summed E-state index contributed by atoms with van der Waals surface area (Å²) < 4.78 is 35.0. The van der Waals surface area contributed by atoms with E-state index in [9.17, 15) is 13.6 Å². The minimum absolute atomic E-state index is 0.105. The molecule has 2 heterocycles. The third-order valence-electron chi connectivity index (χ3n) is 4.54. The summed E-state index contributed by atoms with van der Waals surface area (Å²) >= 11 is 0.